The van der Waals surface area contributed by atoms with Crippen molar-refractivity contribution in [1.82, 2.24) is 15.1 Å². The molecule has 0 saturated carbocycles. The lowest BCUT2D eigenvalue weighted by Gasteiger charge is -2.38. The quantitative estimate of drug-likeness (QED) is 0.810. The second-order valence-corrected chi connectivity index (χ2v) is 9.40. The van der Waals surface area contributed by atoms with Crippen LogP contribution in [-0.4, -0.2) is 51.4 Å². The molecule has 1 aromatic heterocycles. The van der Waals surface area contributed by atoms with Crippen molar-refractivity contribution in [2.24, 2.45) is 0 Å². The second kappa shape index (κ2) is 6.92. The number of piperidine rings is 1. The number of hydrogen-bond acceptors (Lipinski definition) is 4. The molecule has 0 bridgehead atoms. The SMILES string of the molecule is CC(C)(C)c1cc(C(=O)N2CCC3(CC2)CC(O)(c2ccc(F)cc2)CO3)n[nH]1. The van der Waals surface area contributed by atoms with Gasteiger partial charge in [-0.3, -0.25) is 9.89 Å². The molecule has 1 aromatic carbocycles. The molecule has 2 aliphatic heterocycles. The third-order valence-corrected chi connectivity index (χ3v) is 6.18. The Morgan fingerprint density at radius 2 is 1.90 bits per heavy atom. The van der Waals surface area contributed by atoms with E-state index in [4.69, 9.17) is 4.74 Å². The first-order valence-corrected chi connectivity index (χ1v) is 10.1. The van der Waals surface area contributed by atoms with Gasteiger partial charge in [0.2, 0.25) is 0 Å². The van der Waals surface area contributed by atoms with Crippen molar-refractivity contribution in [2.75, 3.05) is 19.7 Å². The Morgan fingerprint density at radius 3 is 2.48 bits per heavy atom. The third-order valence-electron chi connectivity index (χ3n) is 6.18. The number of rotatable bonds is 2. The lowest BCUT2D eigenvalue weighted by molar-refractivity contribution is -0.0432. The normalized spacial score (nSPS) is 24.2. The van der Waals surface area contributed by atoms with Gasteiger partial charge in [-0.05, 0) is 36.6 Å². The Balaban J connectivity index is 1.41. The Labute approximate surface area is 170 Å². The monoisotopic (exact) mass is 401 g/mol. The smallest absolute Gasteiger partial charge is 0.274 e. The van der Waals surface area contributed by atoms with Crippen LogP contribution < -0.4 is 0 Å². The van der Waals surface area contributed by atoms with Crippen LogP contribution in [0.25, 0.3) is 0 Å². The van der Waals surface area contributed by atoms with E-state index in [2.05, 4.69) is 31.0 Å². The maximum atomic E-state index is 13.2. The molecule has 2 saturated heterocycles. The molecule has 7 heteroatoms. The minimum absolute atomic E-state index is 0.0848. The molecular formula is C22H28FN3O3. The standard InChI is InChI=1S/C22H28FN3O3/c1-20(2,3)18-12-17(24-25-18)19(27)26-10-8-21(9-11-26)13-22(28,14-29-21)15-4-6-16(23)7-5-15/h4-7,12,28H,8-11,13-14H2,1-3H3,(H,24,25). The summed E-state index contributed by atoms with van der Waals surface area (Å²) in [5.41, 5.74) is 0.352. The summed E-state index contributed by atoms with van der Waals surface area (Å²) >= 11 is 0. The van der Waals surface area contributed by atoms with Gasteiger partial charge in [0.25, 0.3) is 5.91 Å². The van der Waals surface area contributed by atoms with Crippen molar-refractivity contribution in [3.8, 4) is 0 Å². The van der Waals surface area contributed by atoms with Gasteiger partial charge in [-0.2, -0.15) is 5.10 Å². The van der Waals surface area contributed by atoms with Crippen molar-refractivity contribution in [3.63, 3.8) is 0 Å². The van der Waals surface area contributed by atoms with E-state index in [0.29, 0.717) is 43.6 Å². The highest BCUT2D eigenvalue weighted by Gasteiger charge is 2.51. The zero-order chi connectivity index (χ0) is 20.9. The molecule has 2 aromatic rings. The van der Waals surface area contributed by atoms with E-state index in [0.717, 1.165) is 5.69 Å². The van der Waals surface area contributed by atoms with Crippen molar-refractivity contribution in [1.29, 1.82) is 0 Å². The highest BCUT2D eigenvalue weighted by atomic mass is 19.1. The first-order valence-electron chi connectivity index (χ1n) is 10.1. The summed E-state index contributed by atoms with van der Waals surface area (Å²) < 4.78 is 19.3. The minimum Gasteiger partial charge on any atom is -0.383 e. The fourth-order valence-electron chi connectivity index (χ4n) is 4.27. The number of carbonyl (C=O) groups is 1. The number of aromatic amines is 1. The molecule has 2 fully saturated rings. The van der Waals surface area contributed by atoms with Crippen LogP contribution in [0.2, 0.25) is 0 Å². The Hall–Kier alpha value is -2.25. The van der Waals surface area contributed by atoms with Gasteiger partial charge in [0.05, 0.1) is 12.2 Å². The van der Waals surface area contributed by atoms with Crippen LogP contribution in [0.15, 0.2) is 30.3 Å². The number of hydrogen-bond donors (Lipinski definition) is 2. The van der Waals surface area contributed by atoms with Gasteiger partial charge >= 0.3 is 0 Å². The van der Waals surface area contributed by atoms with Gasteiger partial charge in [0.1, 0.15) is 17.1 Å². The van der Waals surface area contributed by atoms with E-state index in [-0.39, 0.29) is 23.7 Å². The molecule has 1 amide bonds. The summed E-state index contributed by atoms with van der Waals surface area (Å²) in [6.45, 7) is 7.49. The fraction of sp³-hybridized carbons (Fsp3) is 0.545. The highest BCUT2D eigenvalue weighted by molar-refractivity contribution is 5.92. The summed E-state index contributed by atoms with van der Waals surface area (Å²) in [7, 11) is 0. The number of amides is 1. The molecule has 4 rings (SSSR count). The summed E-state index contributed by atoms with van der Waals surface area (Å²) in [6, 6.07) is 7.76. The van der Waals surface area contributed by atoms with Gasteiger partial charge in [-0.1, -0.05) is 32.9 Å². The van der Waals surface area contributed by atoms with E-state index in [9.17, 15) is 14.3 Å². The lowest BCUT2D eigenvalue weighted by atomic mass is 9.80. The van der Waals surface area contributed by atoms with Crippen LogP contribution in [0.5, 0.6) is 0 Å². The van der Waals surface area contributed by atoms with Crippen LogP contribution in [0.4, 0.5) is 4.39 Å². The minimum atomic E-state index is -1.12. The summed E-state index contributed by atoms with van der Waals surface area (Å²) in [4.78, 5) is 14.6. The average Bonchev–Trinajstić information content (AvgIpc) is 3.29. The number of aromatic nitrogens is 2. The number of aliphatic hydroxyl groups is 1. The number of carbonyl (C=O) groups excluding carboxylic acids is 1. The van der Waals surface area contributed by atoms with Gasteiger partial charge in [-0.15, -0.1) is 0 Å². The lowest BCUT2D eigenvalue weighted by Crippen LogP contribution is -2.47. The number of nitrogens with zero attached hydrogens (tertiary/aromatic N) is 2. The van der Waals surface area contributed by atoms with Gasteiger partial charge in [0, 0.05) is 30.6 Å². The van der Waals surface area contributed by atoms with Crippen molar-refractivity contribution < 1.29 is 19.0 Å². The van der Waals surface area contributed by atoms with E-state index < -0.39 is 11.2 Å². The Bertz CT molecular complexity index is 895. The van der Waals surface area contributed by atoms with Crippen molar-refractivity contribution >= 4 is 5.91 Å². The molecule has 29 heavy (non-hydrogen) atoms. The first kappa shape index (κ1) is 20.0. The maximum absolute atomic E-state index is 13.2. The van der Waals surface area contributed by atoms with Crippen LogP contribution >= 0.6 is 0 Å². The van der Waals surface area contributed by atoms with E-state index >= 15 is 0 Å². The molecule has 1 spiro atoms. The molecule has 0 radical (unpaired) electrons. The molecule has 2 aliphatic rings. The van der Waals surface area contributed by atoms with Gasteiger partial charge in [-0.25, -0.2) is 4.39 Å². The molecule has 1 atom stereocenters. The summed E-state index contributed by atoms with van der Waals surface area (Å²) in [5.74, 6) is -0.413. The van der Waals surface area contributed by atoms with Crippen LogP contribution in [0.3, 0.4) is 0 Å². The average molecular weight is 401 g/mol. The first-order chi connectivity index (χ1) is 13.6. The summed E-state index contributed by atoms with van der Waals surface area (Å²) in [6.07, 6.45) is 1.75. The predicted molar refractivity (Wildman–Crippen MR) is 106 cm³/mol. The van der Waals surface area contributed by atoms with Gasteiger partial charge in [0.15, 0.2) is 0 Å². The Morgan fingerprint density at radius 1 is 1.24 bits per heavy atom. The topological polar surface area (TPSA) is 78.5 Å². The predicted octanol–water partition coefficient (Wildman–Crippen LogP) is 3.13. The Kier molecular flexibility index (Phi) is 4.78. The number of nitrogens with one attached hydrogen (secondary N) is 1. The molecule has 6 nitrogen and oxygen atoms in total. The number of H-pyrrole nitrogens is 1. The number of ether oxygens (including phenoxy) is 1. The van der Waals surface area contributed by atoms with Crippen molar-refractivity contribution in [3.05, 3.63) is 53.1 Å². The number of halogens is 1. The zero-order valence-corrected chi connectivity index (χ0v) is 17.2. The molecule has 1 unspecified atom stereocenters. The largest absolute Gasteiger partial charge is 0.383 e. The highest BCUT2D eigenvalue weighted by Crippen LogP contribution is 2.45. The maximum Gasteiger partial charge on any atom is 0.274 e. The molecule has 0 aliphatic carbocycles. The fourth-order valence-corrected chi connectivity index (χ4v) is 4.27. The van der Waals surface area contributed by atoms with Crippen molar-refractivity contribution in [2.45, 2.75) is 56.7 Å². The van der Waals surface area contributed by atoms with Crippen LogP contribution in [-0.2, 0) is 15.8 Å². The second-order valence-electron chi connectivity index (χ2n) is 9.40. The zero-order valence-electron chi connectivity index (χ0n) is 17.2. The molecule has 156 valence electrons. The molecule has 2 N–H and O–H groups in total. The van der Waals surface area contributed by atoms with E-state index in [1.165, 1.54) is 12.1 Å². The summed E-state index contributed by atoms with van der Waals surface area (Å²) in [5, 5.41) is 18.2. The third kappa shape index (κ3) is 3.81. The molecule has 3 heterocycles. The molecular weight excluding hydrogens is 373 g/mol. The van der Waals surface area contributed by atoms with Gasteiger partial charge < -0.3 is 14.7 Å². The van der Waals surface area contributed by atoms with Crippen LogP contribution in [0, 0.1) is 5.82 Å². The van der Waals surface area contributed by atoms with E-state index in [1.807, 2.05) is 6.07 Å². The van der Waals surface area contributed by atoms with E-state index in [1.54, 1.807) is 17.0 Å². The number of likely N-dealkylation sites (tertiary alicyclic amines) is 1. The van der Waals surface area contributed by atoms with Crippen LogP contribution in [0.1, 0.15) is 61.8 Å². The number of benzene rings is 1.